The number of hydrogen-bond donors (Lipinski definition) is 1. The average Bonchev–Trinajstić information content (AvgIpc) is 3.04. The third-order valence-electron chi connectivity index (χ3n) is 4.86. The number of rotatable bonds is 3. The molecule has 1 aliphatic carbocycles. The summed E-state index contributed by atoms with van der Waals surface area (Å²) >= 11 is 0. The lowest BCUT2D eigenvalue weighted by molar-refractivity contribution is -0.162. The van der Waals surface area contributed by atoms with Gasteiger partial charge >= 0.3 is 0 Å². The minimum Gasteiger partial charge on any atom is -0.356 e. The van der Waals surface area contributed by atoms with Crippen molar-refractivity contribution < 1.29 is 14.3 Å². The van der Waals surface area contributed by atoms with Gasteiger partial charge in [-0.2, -0.15) is 0 Å². The summed E-state index contributed by atoms with van der Waals surface area (Å²) in [5.74, 6) is -0.206. The maximum absolute atomic E-state index is 12.7. The molecule has 1 aromatic carbocycles. The zero-order chi connectivity index (χ0) is 16.4. The van der Waals surface area contributed by atoms with Crippen LogP contribution in [-0.4, -0.2) is 42.5 Å². The number of ether oxygens (including phenoxy) is 1. The second kappa shape index (κ2) is 6.71. The van der Waals surface area contributed by atoms with E-state index in [9.17, 15) is 9.59 Å². The molecule has 1 heterocycles. The van der Waals surface area contributed by atoms with Gasteiger partial charge in [0.25, 0.3) is 5.91 Å². The molecule has 2 amide bonds. The van der Waals surface area contributed by atoms with Crippen LogP contribution in [0, 0.1) is 6.92 Å². The molecule has 1 N–H and O–H groups in total. The second-order valence-corrected chi connectivity index (χ2v) is 6.58. The summed E-state index contributed by atoms with van der Waals surface area (Å²) in [5, 5.41) is 3.09. The van der Waals surface area contributed by atoms with Gasteiger partial charge in [0.05, 0.1) is 6.04 Å². The van der Waals surface area contributed by atoms with E-state index in [1.54, 1.807) is 11.9 Å². The number of likely N-dealkylation sites (N-methyl/N-ethyl adjacent to an activating group) is 1. The van der Waals surface area contributed by atoms with Crippen LogP contribution in [0.1, 0.15) is 42.9 Å². The van der Waals surface area contributed by atoms with E-state index in [4.69, 9.17) is 4.74 Å². The van der Waals surface area contributed by atoms with Crippen molar-refractivity contribution in [1.82, 2.24) is 10.2 Å². The van der Waals surface area contributed by atoms with Gasteiger partial charge < -0.3 is 15.0 Å². The van der Waals surface area contributed by atoms with Crippen molar-refractivity contribution in [2.24, 2.45) is 0 Å². The van der Waals surface area contributed by atoms with Gasteiger partial charge in [0.2, 0.25) is 5.91 Å². The largest absolute Gasteiger partial charge is 0.356 e. The summed E-state index contributed by atoms with van der Waals surface area (Å²) in [6.45, 7) is 1.97. The zero-order valence-corrected chi connectivity index (χ0v) is 13.7. The number of nitrogens with one attached hydrogen (secondary N) is 1. The smallest absolute Gasteiger partial charge is 0.251 e. The molecule has 3 rings (SSSR count). The average molecular weight is 316 g/mol. The van der Waals surface area contributed by atoms with E-state index in [-0.39, 0.29) is 30.5 Å². The third-order valence-corrected chi connectivity index (χ3v) is 4.86. The minimum atomic E-state index is -0.652. The number of amides is 2. The van der Waals surface area contributed by atoms with E-state index in [1.165, 1.54) is 0 Å². The Morgan fingerprint density at radius 3 is 2.52 bits per heavy atom. The first-order chi connectivity index (χ1) is 11.1. The van der Waals surface area contributed by atoms with Gasteiger partial charge in [-0.15, -0.1) is 0 Å². The fraction of sp³-hybridized carbons (Fsp3) is 0.556. The number of benzene rings is 1. The highest BCUT2D eigenvalue weighted by Crippen LogP contribution is 2.30. The topological polar surface area (TPSA) is 58.6 Å². The van der Waals surface area contributed by atoms with E-state index in [0.717, 1.165) is 36.8 Å². The van der Waals surface area contributed by atoms with Crippen molar-refractivity contribution in [1.29, 1.82) is 0 Å². The van der Waals surface area contributed by atoms with Crippen molar-refractivity contribution in [3.8, 4) is 0 Å². The molecule has 5 heteroatoms. The van der Waals surface area contributed by atoms with Gasteiger partial charge in [-0.3, -0.25) is 9.59 Å². The number of carbonyl (C=O) groups is 2. The first kappa shape index (κ1) is 16.0. The van der Waals surface area contributed by atoms with Crippen LogP contribution in [0.15, 0.2) is 24.3 Å². The molecule has 0 radical (unpaired) electrons. The Hall–Kier alpha value is -1.88. The minimum absolute atomic E-state index is 0.0401. The summed E-state index contributed by atoms with van der Waals surface area (Å²) in [4.78, 5) is 26.3. The van der Waals surface area contributed by atoms with E-state index < -0.39 is 6.10 Å². The summed E-state index contributed by atoms with van der Waals surface area (Å²) in [7, 11) is 1.74. The Kier molecular flexibility index (Phi) is 4.66. The molecule has 124 valence electrons. The quantitative estimate of drug-likeness (QED) is 0.927. The molecule has 2 unspecified atom stereocenters. The Labute approximate surface area is 137 Å². The molecule has 5 nitrogen and oxygen atoms in total. The lowest BCUT2D eigenvalue weighted by Crippen LogP contribution is -2.54. The molecule has 2 aliphatic rings. The summed E-state index contributed by atoms with van der Waals surface area (Å²) < 4.78 is 5.63. The molecule has 2 fully saturated rings. The maximum atomic E-state index is 12.7. The van der Waals surface area contributed by atoms with Crippen LogP contribution in [0.3, 0.4) is 0 Å². The molecule has 1 saturated heterocycles. The van der Waals surface area contributed by atoms with Crippen LogP contribution in [0.2, 0.25) is 0 Å². The molecule has 0 bridgehead atoms. The Morgan fingerprint density at radius 2 is 1.87 bits per heavy atom. The van der Waals surface area contributed by atoms with Gasteiger partial charge in [-0.05, 0) is 25.3 Å². The van der Waals surface area contributed by atoms with Crippen LogP contribution >= 0.6 is 0 Å². The molecule has 23 heavy (non-hydrogen) atoms. The molecular formula is C18H24N2O3. The highest BCUT2D eigenvalue weighted by atomic mass is 16.5. The van der Waals surface area contributed by atoms with E-state index in [2.05, 4.69) is 5.32 Å². The fourth-order valence-electron chi connectivity index (χ4n) is 3.45. The van der Waals surface area contributed by atoms with Crippen molar-refractivity contribution in [3.63, 3.8) is 0 Å². The van der Waals surface area contributed by atoms with Crippen molar-refractivity contribution >= 4 is 11.8 Å². The standard InChI is InChI=1S/C18H24N2O3/c1-12-7-9-13(10-8-12)16-17(23-11-15(21)20(16)2)18(22)19-14-5-3-4-6-14/h7-10,14,16-17H,3-6,11H2,1-2H3,(H,19,22). The van der Waals surface area contributed by atoms with Gasteiger partial charge in [0.15, 0.2) is 6.10 Å². The molecule has 1 saturated carbocycles. The number of nitrogens with zero attached hydrogens (tertiary/aromatic N) is 1. The SMILES string of the molecule is Cc1ccc(C2C(C(=O)NC3CCCC3)OCC(=O)N2C)cc1. The normalized spacial score (nSPS) is 25.7. The zero-order valence-electron chi connectivity index (χ0n) is 13.7. The van der Waals surface area contributed by atoms with Crippen LogP contribution in [0.5, 0.6) is 0 Å². The highest BCUT2D eigenvalue weighted by Gasteiger charge is 2.40. The van der Waals surface area contributed by atoms with Gasteiger partial charge in [0.1, 0.15) is 6.61 Å². The molecular weight excluding hydrogens is 292 g/mol. The van der Waals surface area contributed by atoms with Crippen LogP contribution in [0.4, 0.5) is 0 Å². The highest BCUT2D eigenvalue weighted by molar-refractivity contribution is 5.86. The predicted molar refractivity (Wildman–Crippen MR) is 86.8 cm³/mol. The van der Waals surface area contributed by atoms with Crippen LogP contribution in [-0.2, 0) is 14.3 Å². The van der Waals surface area contributed by atoms with E-state index in [1.807, 2.05) is 31.2 Å². The Bertz CT molecular complexity index is 578. The monoisotopic (exact) mass is 316 g/mol. The molecule has 2 atom stereocenters. The van der Waals surface area contributed by atoms with Crippen LogP contribution < -0.4 is 5.32 Å². The van der Waals surface area contributed by atoms with Crippen molar-refractivity contribution in [3.05, 3.63) is 35.4 Å². The maximum Gasteiger partial charge on any atom is 0.251 e. The lowest BCUT2D eigenvalue weighted by Gasteiger charge is -2.38. The second-order valence-electron chi connectivity index (χ2n) is 6.58. The number of aryl methyl sites for hydroxylation is 1. The van der Waals surface area contributed by atoms with E-state index in [0.29, 0.717) is 0 Å². The molecule has 1 aliphatic heterocycles. The first-order valence-electron chi connectivity index (χ1n) is 8.30. The third kappa shape index (κ3) is 3.39. The van der Waals surface area contributed by atoms with Crippen molar-refractivity contribution in [2.45, 2.75) is 50.8 Å². The lowest BCUT2D eigenvalue weighted by atomic mass is 9.96. The van der Waals surface area contributed by atoms with Crippen LogP contribution in [0.25, 0.3) is 0 Å². The first-order valence-corrected chi connectivity index (χ1v) is 8.30. The molecule has 1 aromatic rings. The number of morpholine rings is 1. The predicted octanol–water partition coefficient (Wildman–Crippen LogP) is 1.95. The summed E-state index contributed by atoms with van der Waals surface area (Å²) in [6, 6.07) is 7.79. The van der Waals surface area contributed by atoms with Gasteiger partial charge in [-0.1, -0.05) is 42.7 Å². The van der Waals surface area contributed by atoms with Gasteiger partial charge in [-0.25, -0.2) is 0 Å². The number of hydrogen-bond acceptors (Lipinski definition) is 3. The molecule has 0 spiro atoms. The Balaban J connectivity index is 1.81. The summed E-state index contributed by atoms with van der Waals surface area (Å²) in [5.41, 5.74) is 2.07. The Morgan fingerprint density at radius 1 is 1.22 bits per heavy atom. The fourth-order valence-corrected chi connectivity index (χ4v) is 3.45. The van der Waals surface area contributed by atoms with Gasteiger partial charge in [0, 0.05) is 13.1 Å². The molecule has 0 aromatic heterocycles. The van der Waals surface area contributed by atoms with Crippen molar-refractivity contribution in [2.75, 3.05) is 13.7 Å². The van der Waals surface area contributed by atoms with E-state index >= 15 is 0 Å². The number of carbonyl (C=O) groups excluding carboxylic acids is 2. The summed E-state index contributed by atoms with van der Waals surface area (Å²) in [6.07, 6.45) is 3.73.